The molecule has 0 amide bonds. The van der Waals surface area contributed by atoms with Gasteiger partial charge in [-0.15, -0.1) is 0 Å². The molecule has 0 saturated heterocycles. The second-order valence-electron chi connectivity index (χ2n) is 4.72. The Morgan fingerprint density at radius 3 is 2.73 bits per heavy atom. The molecule has 0 spiro atoms. The lowest BCUT2D eigenvalue weighted by atomic mass is 10.0. The lowest BCUT2D eigenvalue weighted by Crippen LogP contribution is -2.05. The van der Waals surface area contributed by atoms with Gasteiger partial charge in [-0.05, 0) is 19.1 Å². The van der Waals surface area contributed by atoms with E-state index >= 15 is 0 Å². The number of rotatable bonds is 2. The van der Waals surface area contributed by atoms with E-state index in [1.54, 1.807) is 6.92 Å². The van der Waals surface area contributed by atoms with E-state index in [1.165, 1.54) is 12.1 Å². The van der Waals surface area contributed by atoms with Gasteiger partial charge in [-0.3, -0.25) is 0 Å². The van der Waals surface area contributed by atoms with Crippen LogP contribution in [0, 0.1) is 6.92 Å². The topological polar surface area (TPSA) is 79.1 Å². The number of fused-ring (bicyclic) bond motifs is 1. The zero-order chi connectivity index (χ0) is 16.1. The number of hydrogen-bond acceptors (Lipinski definition) is 3. The molecular formula is C14H9F3N2O3. The number of aromatic carboxylic acids is 1. The lowest BCUT2D eigenvalue weighted by Gasteiger charge is -2.09. The fourth-order valence-electron chi connectivity index (χ4n) is 2.47. The molecule has 0 atom stereocenters. The SMILES string of the molecule is Cc1[nH]c2cccc(C(F)(F)F)c2c1-c1oncc1C(=O)O. The molecule has 0 radical (unpaired) electrons. The summed E-state index contributed by atoms with van der Waals surface area (Å²) >= 11 is 0. The molecule has 0 aliphatic carbocycles. The van der Waals surface area contributed by atoms with Crippen molar-refractivity contribution in [3.63, 3.8) is 0 Å². The summed E-state index contributed by atoms with van der Waals surface area (Å²) in [6.07, 6.45) is -3.61. The number of alkyl halides is 3. The van der Waals surface area contributed by atoms with Gasteiger partial charge in [-0.2, -0.15) is 13.2 Å². The van der Waals surface area contributed by atoms with Crippen LogP contribution < -0.4 is 0 Å². The molecule has 0 unspecified atom stereocenters. The van der Waals surface area contributed by atoms with Crippen LogP contribution in [0.15, 0.2) is 28.9 Å². The predicted molar refractivity (Wildman–Crippen MR) is 70.5 cm³/mol. The number of carbonyl (C=O) groups is 1. The van der Waals surface area contributed by atoms with Crippen LogP contribution in [-0.4, -0.2) is 21.2 Å². The van der Waals surface area contributed by atoms with Crippen molar-refractivity contribution in [3.05, 3.63) is 41.2 Å². The molecule has 0 fully saturated rings. The van der Waals surface area contributed by atoms with Crippen molar-refractivity contribution >= 4 is 16.9 Å². The Bertz CT molecular complexity index is 877. The minimum absolute atomic E-state index is 0.0535. The summed E-state index contributed by atoms with van der Waals surface area (Å²) in [7, 11) is 0. The van der Waals surface area contributed by atoms with Gasteiger partial charge in [0, 0.05) is 22.2 Å². The number of benzene rings is 1. The first-order valence-corrected chi connectivity index (χ1v) is 6.17. The van der Waals surface area contributed by atoms with Gasteiger partial charge in [-0.25, -0.2) is 4.79 Å². The third kappa shape index (κ3) is 2.03. The highest BCUT2D eigenvalue weighted by molar-refractivity contribution is 6.04. The Hall–Kier alpha value is -2.77. The maximum Gasteiger partial charge on any atom is 0.417 e. The van der Waals surface area contributed by atoms with E-state index in [2.05, 4.69) is 10.1 Å². The first-order valence-electron chi connectivity index (χ1n) is 6.17. The van der Waals surface area contributed by atoms with Gasteiger partial charge in [0.25, 0.3) is 0 Å². The van der Waals surface area contributed by atoms with E-state index in [0.29, 0.717) is 5.69 Å². The monoisotopic (exact) mass is 310 g/mol. The number of aromatic amines is 1. The lowest BCUT2D eigenvalue weighted by molar-refractivity contribution is -0.136. The van der Waals surface area contributed by atoms with E-state index in [9.17, 15) is 18.0 Å². The Kier molecular flexibility index (Phi) is 2.98. The molecule has 0 aliphatic heterocycles. The summed E-state index contributed by atoms with van der Waals surface area (Å²) < 4.78 is 44.6. The summed E-state index contributed by atoms with van der Waals surface area (Å²) in [4.78, 5) is 14.0. The molecule has 1 aromatic carbocycles. The van der Waals surface area contributed by atoms with Crippen LogP contribution in [0.4, 0.5) is 13.2 Å². The molecule has 0 aliphatic rings. The summed E-state index contributed by atoms with van der Waals surface area (Å²) in [6, 6.07) is 3.71. The summed E-state index contributed by atoms with van der Waals surface area (Å²) in [5.74, 6) is -1.53. The van der Waals surface area contributed by atoms with Crippen molar-refractivity contribution < 1.29 is 27.6 Å². The third-order valence-corrected chi connectivity index (χ3v) is 3.34. The van der Waals surface area contributed by atoms with Crippen LogP contribution in [-0.2, 0) is 6.18 Å². The Labute approximate surface area is 121 Å². The van der Waals surface area contributed by atoms with E-state index in [1.807, 2.05) is 0 Å². The Morgan fingerprint density at radius 1 is 1.36 bits per heavy atom. The van der Waals surface area contributed by atoms with Crippen LogP contribution >= 0.6 is 0 Å². The number of H-pyrrole nitrogens is 1. The smallest absolute Gasteiger partial charge is 0.417 e. The van der Waals surface area contributed by atoms with Gasteiger partial charge in [0.05, 0.1) is 11.8 Å². The predicted octanol–water partition coefficient (Wildman–Crippen LogP) is 3.85. The van der Waals surface area contributed by atoms with Crippen molar-refractivity contribution in [2.24, 2.45) is 0 Å². The minimum atomic E-state index is -4.58. The van der Waals surface area contributed by atoms with Crippen LogP contribution in [0.2, 0.25) is 0 Å². The van der Waals surface area contributed by atoms with Crippen molar-refractivity contribution in [1.29, 1.82) is 0 Å². The molecule has 3 rings (SSSR count). The molecule has 0 bridgehead atoms. The van der Waals surface area contributed by atoms with E-state index in [0.717, 1.165) is 12.3 Å². The fourth-order valence-corrected chi connectivity index (χ4v) is 2.47. The van der Waals surface area contributed by atoms with Crippen LogP contribution in [0.3, 0.4) is 0 Å². The highest BCUT2D eigenvalue weighted by Crippen LogP contribution is 2.42. The molecule has 5 nitrogen and oxygen atoms in total. The Balaban J connectivity index is 2.42. The van der Waals surface area contributed by atoms with Crippen LogP contribution in [0.5, 0.6) is 0 Å². The summed E-state index contributed by atoms with van der Waals surface area (Å²) in [5, 5.41) is 12.4. The number of halogens is 3. The van der Waals surface area contributed by atoms with Gasteiger partial charge in [0.1, 0.15) is 5.56 Å². The summed E-state index contributed by atoms with van der Waals surface area (Å²) in [5.41, 5.74) is -0.489. The largest absolute Gasteiger partial charge is 0.477 e. The molecule has 2 N–H and O–H groups in total. The quantitative estimate of drug-likeness (QED) is 0.753. The molecule has 0 saturated carbocycles. The molecule has 3 aromatic rings. The maximum atomic E-state index is 13.2. The number of carboxylic acids is 1. The number of aryl methyl sites for hydroxylation is 1. The zero-order valence-corrected chi connectivity index (χ0v) is 11.2. The van der Waals surface area contributed by atoms with E-state index < -0.39 is 17.7 Å². The highest BCUT2D eigenvalue weighted by atomic mass is 19.4. The van der Waals surface area contributed by atoms with Gasteiger partial charge in [0.2, 0.25) is 0 Å². The second-order valence-corrected chi connectivity index (χ2v) is 4.72. The molecule has 22 heavy (non-hydrogen) atoms. The van der Waals surface area contributed by atoms with Crippen LogP contribution in [0.1, 0.15) is 21.6 Å². The second kappa shape index (κ2) is 4.62. The standard InChI is InChI=1S/C14H9F3N2O3/c1-6-10(12-7(13(20)21)5-18-22-12)11-8(14(15,16)17)3-2-4-9(11)19-6/h2-5,19H,1H3,(H,20,21). The minimum Gasteiger partial charge on any atom is -0.477 e. The van der Waals surface area contributed by atoms with E-state index in [4.69, 9.17) is 9.63 Å². The van der Waals surface area contributed by atoms with Gasteiger partial charge >= 0.3 is 12.1 Å². The first-order chi connectivity index (χ1) is 10.3. The van der Waals surface area contributed by atoms with Crippen molar-refractivity contribution in [2.45, 2.75) is 13.1 Å². The average molecular weight is 310 g/mol. The number of aromatic nitrogens is 2. The molecule has 2 heterocycles. The van der Waals surface area contributed by atoms with Crippen molar-refractivity contribution in [2.75, 3.05) is 0 Å². The van der Waals surface area contributed by atoms with Crippen LogP contribution in [0.25, 0.3) is 22.2 Å². The van der Waals surface area contributed by atoms with Crippen molar-refractivity contribution in [1.82, 2.24) is 10.1 Å². The Morgan fingerprint density at radius 2 is 2.09 bits per heavy atom. The summed E-state index contributed by atoms with van der Waals surface area (Å²) in [6.45, 7) is 1.55. The van der Waals surface area contributed by atoms with E-state index in [-0.39, 0.29) is 27.8 Å². The molecule has 2 aromatic heterocycles. The average Bonchev–Trinajstić information content (AvgIpc) is 2.99. The van der Waals surface area contributed by atoms with Gasteiger partial charge < -0.3 is 14.6 Å². The van der Waals surface area contributed by atoms with Gasteiger partial charge in [-0.1, -0.05) is 11.2 Å². The number of nitrogens with one attached hydrogen (secondary N) is 1. The first kappa shape index (κ1) is 14.2. The third-order valence-electron chi connectivity index (χ3n) is 3.34. The normalized spacial score (nSPS) is 12.0. The maximum absolute atomic E-state index is 13.2. The highest BCUT2D eigenvalue weighted by Gasteiger charge is 2.35. The molecule has 8 heteroatoms. The number of nitrogens with zero attached hydrogens (tertiary/aromatic N) is 1. The number of hydrogen-bond donors (Lipinski definition) is 2. The molecule has 114 valence electrons. The zero-order valence-electron chi connectivity index (χ0n) is 11.2. The van der Waals surface area contributed by atoms with Gasteiger partial charge in [0.15, 0.2) is 5.76 Å². The van der Waals surface area contributed by atoms with Crippen molar-refractivity contribution in [3.8, 4) is 11.3 Å². The number of carboxylic acid groups (broad SMARTS) is 1. The fraction of sp³-hybridized carbons (Fsp3) is 0.143. The molecular weight excluding hydrogens is 301 g/mol.